The number of halogens is 1. The summed E-state index contributed by atoms with van der Waals surface area (Å²) in [6, 6.07) is 12.6. The maximum atomic E-state index is 12.4. The molecule has 26 heavy (non-hydrogen) atoms. The van der Waals surface area contributed by atoms with Gasteiger partial charge in [-0.25, -0.2) is 0 Å². The zero-order chi connectivity index (χ0) is 18.1. The molecule has 2 aromatic heterocycles. The van der Waals surface area contributed by atoms with Crippen LogP contribution in [0, 0.1) is 0 Å². The second-order valence-corrected chi connectivity index (χ2v) is 5.78. The number of tetrazole rings is 1. The fourth-order valence-corrected chi connectivity index (χ4v) is 2.57. The van der Waals surface area contributed by atoms with Crippen LogP contribution in [0.1, 0.15) is 10.6 Å². The van der Waals surface area contributed by atoms with Gasteiger partial charge < -0.3 is 9.73 Å². The van der Waals surface area contributed by atoms with E-state index in [9.17, 15) is 9.59 Å². The lowest BCUT2D eigenvalue weighted by atomic mass is 10.2. The summed E-state index contributed by atoms with van der Waals surface area (Å²) < 4.78 is 5.51. The highest BCUT2D eigenvalue weighted by molar-refractivity contribution is 6.31. The van der Waals surface area contributed by atoms with Crippen molar-refractivity contribution in [2.24, 2.45) is 0 Å². The van der Waals surface area contributed by atoms with Gasteiger partial charge >= 0.3 is 0 Å². The molecule has 0 aliphatic carbocycles. The second-order valence-electron chi connectivity index (χ2n) is 5.34. The van der Waals surface area contributed by atoms with Crippen molar-refractivity contribution in [2.75, 3.05) is 5.32 Å². The molecule has 2 heterocycles. The molecule has 0 spiro atoms. The maximum absolute atomic E-state index is 12.4. The lowest BCUT2D eigenvalue weighted by molar-refractivity contribution is 0.0997. The lowest BCUT2D eigenvalue weighted by Crippen LogP contribution is -2.15. The third-order valence-electron chi connectivity index (χ3n) is 3.62. The Hall–Kier alpha value is -3.52. The van der Waals surface area contributed by atoms with Crippen molar-refractivity contribution in [3.05, 3.63) is 75.9 Å². The van der Waals surface area contributed by atoms with Gasteiger partial charge in [-0.15, -0.1) is 15.0 Å². The number of hydrogen-bond donors (Lipinski definition) is 1. The molecule has 1 amide bonds. The lowest BCUT2D eigenvalue weighted by Gasteiger charge is -2.06. The molecule has 0 atom stereocenters. The van der Waals surface area contributed by atoms with E-state index < -0.39 is 5.91 Å². The Bertz CT molecular complexity index is 1150. The molecule has 0 aliphatic heterocycles. The quantitative estimate of drug-likeness (QED) is 0.597. The first-order valence-electron chi connectivity index (χ1n) is 7.48. The SMILES string of the molecule is O=C(Nc1ccc(-n2ncnn2)cc1)c1cc(=O)c2cc(Cl)ccc2o1. The molecule has 8 nitrogen and oxygen atoms in total. The molecule has 0 bridgehead atoms. The van der Waals surface area contributed by atoms with E-state index in [1.54, 1.807) is 36.4 Å². The number of hydrogen-bond acceptors (Lipinski definition) is 6. The molecule has 0 radical (unpaired) electrons. The zero-order valence-corrected chi connectivity index (χ0v) is 13.8. The van der Waals surface area contributed by atoms with E-state index in [0.29, 0.717) is 27.4 Å². The van der Waals surface area contributed by atoms with Crippen LogP contribution in [0.2, 0.25) is 5.02 Å². The molecule has 2 aromatic carbocycles. The summed E-state index contributed by atoms with van der Waals surface area (Å²) >= 11 is 5.88. The van der Waals surface area contributed by atoms with Gasteiger partial charge in [-0.05, 0) is 47.7 Å². The number of amides is 1. The smallest absolute Gasteiger partial charge is 0.291 e. The van der Waals surface area contributed by atoms with Crippen molar-refractivity contribution in [1.29, 1.82) is 0 Å². The summed E-state index contributed by atoms with van der Waals surface area (Å²) in [4.78, 5) is 25.9. The molecule has 128 valence electrons. The van der Waals surface area contributed by atoms with E-state index in [4.69, 9.17) is 16.0 Å². The van der Waals surface area contributed by atoms with E-state index in [0.717, 1.165) is 6.07 Å². The highest BCUT2D eigenvalue weighted by Crippen LogP contribution is 2.19. The molecule has 1 N–H and O–H groups in total. The van der Waals surface area contributed by atoms with Crippen LogP contribution in [0.4, 0.5) is 5.69 Å². The minimum Gasteiger partial charge on any atom is -0.451 e. The van der Waals surface area contributed by atoms with E-state index in [2.05, 4.69) is 20.7 Å². The van der Waals surface area contributed by atoms with Gasteiger partial charge in [0.15, 0.2) is 17.5 Å². The summed E-state index contributed by atoms with van der Waals surface area (Å²) in [6.45, 7) is 0. The average molecular weight is 368 g/mol. The molecular formula is C17H10ClN5O3. The van der Waals surface area contributed by atoms with Gasteiger partial charge in [0.25, 0.3) is 5.91 Å². The van der Waals surface area contributed by atoms with Gasteiger partial charge in [0, 0.05) is 16.8 Å². The molecule has 0 unspecified atom stereocenters. The largest absolute Gasteiger partial charge is 0.451 e. The van der Waals surface area contributed by atoms with E-state index in [1.165, 1.54) is 17.2 Å². The van der Waals surface area contributed by atoms with Gasteiger partial charge in [0.1, 0.15) is 5.58 Å². The van der Waals surface area contributed by atoms with E-state index >= 15 is 0 Å². The van der Waals surface area contributed by atoms with Crippen molar-refractivity contribution in [2.45, 2.75) is 0 Å². The molecular weight excluding hydrogens is 358 g/mol. The number of carbonyl (C=O) groups excluding carboxylic acids is 1. The van der Waals surface area contributed by atoms with Crippen LogP contribution in [-0.2, 0) is 0 Å². The van der Waals surface area contributed by atoms with Crippen LogP contribution in [0.25, 0.3) is 16.7 Å². The second kappa shape index (κ2) is 6.41. The summed E-state index contributed by atoms with van der Waals surface area (Å²) in [6.07, 6.45) is 1.32. The Morgan fingerprint density at radius 1 is 1.12 bits per heavy atom. The molecule has 0 aliphatic rings. The van der Waals surface area contributed by atoms with Crippen LogP contribution in [0.5, 0.6) is 0 Å². The highest BCUT2D eigenvalue weighted by Gasteiger charge is 2.13. The number of rotatable bonds is 3. The first-order valence-corrected chi connectivity index (χ1v) is 7.86. The average Bonchev–Trinajstić information content (AvgIpc) is 3.17. The van der Waals surface area contributed by atoms with Gasteiger partial charge in [0.2, 0.25) is 0 Å². The number of carbonyl (C=O) groups is 1. The van der Waals surface area contributed by atoms with Crippen molar-refractivity contribution < 1.29 is 9.21 Å². The molecule has 9 heteroatoms. The highest BCUT2D eigenvalue weighted by atomic mass is 35.5. The van der Waals surface area contributed by atoms with Crippen LogP contribution in [-0.4, -0.2) is 26.1 Å². The summed E-state index contributed by atoms with van der Waals surface area (Å²) in [5.74, 6) is -0.627. The first kappa shape index (κ1) is 16.0. The molecule has 4 rings (SSSR count). The predicted octanol–water partition coefficient (Wildman–Crippen LogP) is 2.67. The van der Waals surface area contributed by atoms with Crippen molar-refractivity contribution in [3.63, 3.8) is 0 Å². The maximum Gasteiger partial charge on any atom is 0.291 e. The number of fused-ring (bicyclic) bond motifs is 1. The summed E-state index contributed by atoms with van der Waals surface area (Å²) in [5, 5.41) is 14.7. The van der Waals surface area contributed by atoms with Gasteiger partial charge in [0.05, 0.1) is 11.1 Å². The van der Waals surface area contributed by atoms with Gasteiger partial charge in [-0.2, -0.15) is 0 Å². The molecule has 0 fully saturated rings. The van der Waals surface area contributed by atoms with Crippen LogP contribution < -0.4 is 10.7 Å². The van der Waals surface area contributed by atoms with Gasteiger partial charge in [-0.1, -0.05) is 11.6 Å². The minimum absolute atomic E-state index is 0.0909. The number of nitrogens with zero attached hydrogens (tertiary/aromatic N) is 4. The molecule has 0 saturated heterocycles. The monoisotopic (exact) mass is 367 g/mol. The molecule has 0 saturated carbocycles. The number of benzene rings is 2. The Morgan fingerprint density at radius 2 is 1.92 bits per heavy atom. The van der Waals surface area contributed by atoms with Crippen molar-refractivity contribution >= 4 is 34.2 Å². The fraction of sp³-hybridized carbons (Fsp3) is 0. The topological polar surface area (TPSA) is 103 Å². The van der Waals surface area contributed by atoms with Gasteiger partial charge in [-0.3, -0.25) is 9.59 Å². The molecule has 4 aromatic rings. The zero-order valence-electron chi connectivity index (χ0n) is 13.1. The van der Waals surface area contributed by atoms with Crippen LogP contribution in [0.3, 0.4) is 0 Å². The summed E-state index contributed by atoms with van der Waals surface area (Å²) in [5.41, 5.74) is 1.17. The Labute approximate surface area is 151 Å². The third kappa shape index (κ3) is 3.05. The minimum atomic E-state index is -0.536. The Kier molecular flexibility index (Phi) is 3.94. The van der Waals surface area contributed by atoms with Crippen molar-refractivity contribution in [3.8, 4) is 5.69 Å². The van der Waals surface area contributed by atoms with E-state index in [1.807, 2.05) is 0 Å². The Balaban J connectivity index is 1.59. The number of nitrogens with one attached hydrogen (secondary N) is 1. The third-order valence-corrected chi connectivity index (χ3v) is 3.85. The predicted molar refractivity (Wildman–Crippen MR) is 94.6 cm³/mol. The van der Waals surface area contributed by atoms with E-state index in [-0.39, 0.29) is 11.2 Å². The summed E-state index contributed by atoms with van der Waals surface area (Å²) in [7, 11) is 0. The standard InChI is InChI=1S/C17H10ClN5O3/c18-10-1-6-15-13(7-10)14(24)8-16(26-15)17(25)21-11-2-4-12(5-3-11)23-20-9-19-22-23/h1-9H,(H,21,25). The fourth-order valence-electron chi connectivity index (χ4n) is 2.40. The van der Waals surface area contributed by atoms with Crippen LogP contribution >= 0.6 is 11.6 Å². The van der Waals surface area contributed by atoms with Crippen LogP contribution in [0.15, 0.2) is 64.1 Å². The Morgan fingerprint density at radius 3 is 2.65 bits per heavy atom. The first-order chi connectivity index (χ1) is 12.6. The number of anilines is 1. The normalized spacial score (nSPS) is 10.8. The number of aromatic nitrogens is 4. The van der Waals surface area contributed by atoms with Crippen molar-refractivity contribution in [1.82, 2.24) is 20.2 Å².